The lowest BCUT2D eigenvalue weighted by molar-refractivity contribution is -0.0799. The highest BCUT2D eigenvalue weighted by atomic mass is 32.2. The van der Waals surface area contributed by atoms with Crippen LogP contribution in [-0.4, -0.2) is 53.3 Å². The van der Waals surface area contributed by atoms with Gasteiger partial charge >= 0.3 is 0 Å². The van der Waals surface area contributed by atoms with Gasteiger partial charge in [-0.3, -0.25) is 9.52 Å². The molecule has 1 fully saturated rings. The highest BCUT2D eigenvalue weighted by Gasteiger charge is 2.43. The summed E-state index contributed by atoms with van der Waals surface area (Å²) in [7, 11) is -3.94. The molecular formula is C23H20N4O5S. The third-order valence-corrected chi connectivity index (χ3v) is 6.97. The minimum Gasteiger partial charge on any atom is -0.386 e. The largest absolute Gasteiger partial charge is 0.386 e. The first-order valence-electron chi connectivity index (χ1n) is 10.2. The Bertz CT molecular complexity index is 1410. The number of rotatable bonds is 6. The number of amides is 1. The van der Waals surface area contributed by atoms with Gasteiger partial charge < -0.3 is 10.0 Å². The number of sulfonamides is 1. The number of benzene rings is 3. The van der Waals surface area contributed by atoms with Crippen LogP contribution in [0.5, 0.6) is 0 Å². The van der Waals surface area contributed by atoms with Crippen molar-refractivity contribution in [3.05, 3.63) is 83.9 Å². The fraction of sp³-hybridized carbons (Fsp3) is 0.174. The number of carbonyl (C=O) groups is 1. The molecule has 5 rings (SSSR count). The van der Waals surface area contributed by atoms with Gasteiger partial charge in [0.05, 0.1) is 13.1 Å². The van der Waals surface area contributed by atoms with Crippen molar-refractivity contribution in [2.24, 2.45) is 0 Å². The summed E-state index contributed by atoms with van der Waals surface area (Å²) in [6.07, 6.45) is 0.478. The summed E-state index contributed by atoms with van der Waals surface area (Å²) in [6.45, 7) is 0.482. The molecule has 10 heteroatoms. The number of β-amino-alcohol motifs (C(OH)–C–C–N with tert-alkyl or cyclic N) is 1. The van der Waals surface area contributed by atoms with E-state index in [2.05, 4.69) is 19.7 Å². The van der Waals surface area contributed by atoms with Crippen LogP contribution in [0.1, 0.15) is 15.9 Å². The van der Waals surface area contributed by atoms with Gasteiger partial charge in [-0.15, -0.1) is 0 Å². The van der Waals surface area contributed by atoms with E-state index in [9.17, 15) is 18.3 Å². The zero-order valence-corrected chi connectivity index (χ0v) is 18.2. The predicted octanol–water partition coefficient (Wildman–Crippen LogP) is 2.45. The van der Waals surface area contributed by atoms with Crippen molar-refractivity contribution in [1.82, 2.24) is 15.2 Å². The van der Waals surface area contributed by atoms with Gasteiger partial charge in [0.15, 0.2) is 5.52 Å². The molecule has 0 bridgehead atoms. The SMILES string of the molecule is O=C(c1ccc(NS(=O)(=O)c2cccc3nonc23)cc1)N1CC(O)(Cc2ccccc2)C1. The predicted molar refractivity (Wildman–Crippen MR) is 120 cm³/mol. The van der Waals surface area contributed by atoms with Crippen LogP contribution in [0.3, 0.4) is 0 Å². The van der Waals surface area contributed by atoms with Gasteiger partial charge in [-0.1, -0.05) is 36.4 Å². The molecule has 1 amide bonds. The van der Waals surface area contributed by atoms with Gasteiger partial charge in [-0.05, 0) is 52.3 Å². The molecule has 0 unspecified atom stereocenters. The first-order chi connectivity index (χ1) is 15.8. The van der Waals surface area contributed by atoms with Gasteiger partial charge in [-0.2, -0.15) is 0 Å². The third-order valence-electron chi connectivity index (χ3n) is 5.56. The fourth-order valence-electron chi connectivity index (χ4n) is 3.97. The van der Waals surface area contributed by atoms with Gasteiger partial charge in [-0.25, -0.2) is 13.0 Å². The molecule has 0 atom stereocenters. The first kappa shape index (κ1) is 21.1. The van der Waals surface area contributed by atoms with Crippen LogP contribution in [-0.2, 0) is 16.4 Å². The Kier molecular flexibility index (Phi) is 5.10. The van der Waals surface area contributed by atoms with Crippen LogP contribution in [0.4, 0.5) is 5.69 Å². The van der Waals surface area contributed by atoms with E-state index >= 15 is 0 Å². The summed E-state index contributed by atoms with van der Waals surface area (Å²) in [6, 6.07) is 20.3. The van der Waals surface area contributed by atoms with Gasteiger partial charge in [0.25, 0.3) is 15.9 Å². The Morgan fingerprint density at radius 3 is 2.45 bits per heavy atom. The van der Waals surface area contributed by atoms with Gasteiger partial charge in [0.2, 0.25) is 0 Å². The maximum atomic E-state index is 12.8. The average Bonchev–Trinajstić information content (AvgIpc) is 3.27. The molecule has 2 heterocycles. The monoisotopic (exact) mass is 464 g/mol. The molecule has 9 nitrogen and oxygen atoms in total. The maximum Gasteiger partial charge on any atom is 0.264 e. The molecule has 0 radical (unpaired) electrons. The van der Waals surface area contributed by atoms with Crippen molar-refractivity contribution in [3.8, 4) is 0 Å². The summed E-state index contributed by atoms with van der Waals surface area (Å²) in [4.78, 5) is 14.3. The summed E-state index contributed by atoms with van der Waals surface area (Å²) in [5.41, 5.74) is 1.24. The third kappa shape index (κ3) is 4.18. The number of aliphatic hydroxyl groups is 1. The molecular weight excluding hydrogens is 444 g/mol. The number of fused-ring (bicyclic) bond motifs is 1. The van der Waals surface area contributed by atoms with Crippen LogP contribution in [0.15, 0.2) is 82.3 Å². The molecule has 0 aliphatic carbocycles. The fourth-order valence-corrected chi connectivity index (χ4v) is 5.18. The second kappa shape index (κ2) is 7.98. The van der Waals surface area contributed by atoms with Crippen molar-refractivity contribution in [1.29, 1.82) is 0 Å². The molecule has 168 valence electrons. The number of anilines is 1. The van der Waals surface area contributed by atoms with E-state index < -0.39 is 15.6 Å². The molecule has 3 aromatic carbocycles. The lowest BCUT2D eigenvalue weighted by Gasteiger charge is -2.46. The molecule has 2 N–H and O–H groups in total. The lowest BCUT2D eigenvalue weighted by atomic mass is 9.86. The average molecular weight is 465 g/mol. The minimum atomic E-state index is -3.94. The van der Waals surface area contributed by atoms with E-state index in [1.807, 2.05) is 30.3 Å². The summed E-state index contributed by atoms with van der Waals surface area (Å²) >= 11 is 0. The molecule has 0 saturated carbocycles. The van der Waals surface area contributed by atoms with E-state index in [0.717, 1.165) is 5.56 Å². The Hall–Kier alpha value is -3.76. The van der Waals surface area contributed by atoms with Crippen LogP contribution in [0, 0.1) is 0 Å². The van der Waals surface area contributed by atoms with Crippen molar-refractivity contribution in [2.75, 3.05) is 17.8 Å². The number of nitrogens with zero attached hydrogens (tertiary/aromatic N) is 3. The summed E-state index contributed by atoms with van der Waals surface area (Å²) < 4.78 is 32.7. The number of hydrogen-bond acceptors (Lipinski definition) is 7. The quantitative estimate of drug-likeness (QED) is 0.449. The van der Waals surface area contributed by atoms with E-state index in [1.54, 1.807) is 29.2 Å². The highest BCUT2D eigenvalue weighted by molar-refractivity contribution is 7.93. The standard InChI is InChI=1S/C23H20N4O5S/c28-22(27-14-23(29,15-27)13-16-5-2-1-3-6-16)17-9-11-18(12-10-17)26-33(30,31)20-8-4-7-19-21(20)25-32-24-19/h1-12,26,29H,13-15H2. The smallest absolute Gasteiger partial charge is 0.264 e. The zero-order chi connectivity index (χ0) is 23.1. The first-order valence-corrected chi connectivity index (χ1v) is 11.7. The molecule has 0 spiro atoms. The topological polar surface area (TPSA) is 126 Å². The Labute approximate surface area is 189 Å². The molecule has 1 aliphatic rings. The Morgan fingerprint density at radius 1 is 1.00 bits per heavy atom. The normalized spacial score (nSPS) is 15.2. The van der Waals surface area contributed by atoms with Gasteiger partial charge in [0.1, 0.15) is 16.0 Å². The Balaban J connectivity index is 1.24. The molecule has 33 heavy (non-hydrogen) atoms. The highest BCUT2D eigenvalue weighted by Crippen LogP contribution is 2.28. The number of aromatic nitrogens is 2. The van der Waals surface area contributed by atoms with E-state index in [4.69, 9.17) is 0 Å². The molecule has 1 aliphatic heterocycles. The van der Waals surface area contributed by atoms with E-state index in [-0.39, 0.29) is 29.4 Å². The van der Waals surface area contributed by atoms with Crippen molar-refractivity contribution in [3.63, 3.8) is 0 Å². The number of likely N-dealkylation sites (tertiary alicyclic amines) is 1. The lowest BCUT2D eigenvalue weighted by Crippen LogP contribution is -2.64. The molecule has 1 saturated heterocycles. The summed E-state index contributed by atoms with van der Waals surface area (Å²) in [5, 5.41) is 18.0. The zero-order valence-electron chi connectivity index (χ0n) is 17.4. The summed E-state index contributed by atoms with van der Waals surface area (Å²) in [5.74, 6) is -0.222. The van der Waals surface area contributed by atoms with E-state index in [1.165, 1.54) is 18.2 Å². The van der Waals surface area contributed by atoms with Crippen LogP contribution in [0.25, 0.3) is 11.0 Å². The van der Waals surface area contributed by atoms with Crippen LogP contribution in [0.2, 0.25) is 0 Å². The minimum absolute atomic E-state index is 0.0558. The van der Waals surface area contributed by atoms with Crippen molar-refractivity contribution < 1.29 is 22.9 Å². The number of carbonyl (C=O) groups excluding carboxylic acids is 1. The van der Waals surface area contributed by atoms with Crippen LogP contribution < -0.4 is 4.72 Å². The second-order valence-corrected chi connectivity index (χ2v) is 9.77. The molecule has 4 aromatic rings. The van der Waals surface area contributed by atoms with Crippen molar-refractivity contribution in [2.45, 2.75) is 16.9 Å². The van der Waals surface area contributed by atoms with Gasteiger partial charge in [0, 0.05) is 17.7 Å². The molecule has 1 aromatic heterocycles. The van der Waals surface area contributed by atoms with E-state index in [0.29, 0.717) is 23.2 Å². The number of hydrogen-bond donors (Lipinski definition) is 2. The van der Waals surface area contributed by atoms with Crippen molar-refractivity contribution >= 4 is 32.7 Å². The number of nitrogens with one attached hydrogen (secondary N) is 1. The maximum absolute atomic E-state index is 12.8. The van der Waals surface area contributed by atoms with Crippen LogP contribution >= 0.6 is 0 Å². The second-order valence-electron chi connectivity index (χ2n) is 8.12. The Morgan fingerprint density at radius 2 is 1.73 bits per heavy atom.